The van der Waals surface area contributed by atoms with Crippen LogP contribution < -0.4 is 5.32 Å². The molecular weight excluding hydrogens is 294 g/mol. The van der Waals surface area contributed by atoms with Crippen LogP contribution in [0.1, 0.15) is 45.6 Å². The molecule has 1 aromatic rings. The molecule has 2 rings (SSSR count). The number of benzene rings is 1. The molecule has 0 aromatic heterocycles. The predicted molar refractivity (Wildman–Crippen MR) is 87.6 cm³/mol. The largest absolute Gasteiger partial charge is 0.419 e. The maximum atomic E-state index is 11.8. The monoisotopic (exact) mass is 317 g/mol. The standard InChI is InChI=1S/C18H23NO4/c1-4-5-6-7-13-8-10-14(11-9-13)19-12-15-16(20)22-18(2,3)23-17(15)21/h8-12,19H,4-7H2,1-3H3. The normalized spacial score (nSPS) is 16.6. The quantitative estimate of drug-likeness (QED) is 0.376. The molecule has 5 nitrogen and oxygen atoms in total. The summed E-state index contributed by atoms with van der Waals surface area (Å²) in [6, 6.07) is 7.91. The van der Waals surface area contributed by atoms with E-state index < -0.39 is 17.7 Å². The van der Waals surface area contributed by atoms with Crippen molar-refractivity contribution in [2.75, 3.05) is 5.32 Å². The van der Waals surface area contributed by atoms with Crippen molar-refractivity contribution in [1.29, 1.82) is 0 Å². The number of carbonyl (C=O) groups is 2. The molecule has 1 aliphatic rings. The van der Waals surface area contributed by atoms with Crippen LogP contribution in [0.5, 0.6) is 0 Å². The molecule has 0 bridgehead atoms. The fourth-order valence-corrected chi connectivity index (χ4v) is 2.28. The maximum absolute atomic E-state index is 11.8. The van der Waals surface area contributed by atoms with Crippen molar-refractivity contribution in [3.05, 3.63) is 41.6 Å². The second-order valence-corrected chi connectivity index (χ2v) is 6.04. The van der Waals surface area contributed by atoms with E-state index in [4.69, 9.17) is 9.47 Å². The number of cyclic esters (lactones) is 2. The maximum Gasteiger partial charge on any atom is 0.350 e. The van der Waals surface area contributed by atoms with Gasteiger partial charge in [-0.3, -0.25) is 0 Å². The smallest absolute Gasteiger partial charge is 0.350 e. The zero-order valence-electron chi connectivity index (χ0n) is 13.8. The lowest BCUT2D eigenvalue weighted by molar-refractivity contribution is -0.222. The minimum atomic E-state index is -1.22. The first-order chi connectivity index (χ1) is 10.9. The third-order valence-electron chi connectivity index (χ3n) is 3.52. The number of esters is 2. The zero-order valence-corrected chi connectivity index (χ0v) is 13.8. The van der Waals surface area contributed by atoms with Gasteiger partial charge in [0.15, 0.2) is 5.57 Å². The lowest BCUT2D eigenvalue weighted by atomic mass is 10.1. The molecular formula is C18H23NO4. The Bertz CT molecular complexity index is 580. The van der Waals surface area contributed by atoms with Crippen molar-refractivity contribution in [3.63, 3.8) is 0 Å². The van der Waals surface area contributed by atoms with E-state index in [1.54, 1.807) is 0 Å². The van der Waals surface area contributed by atoms with E-state index in [0.717, 1.165) is 12.1 Å². The Balaban J connectivity index is 1.97. The van der Waals surface area contributed by atoms with Crippen molar-refractivity contribution >= 4 is 17.6 Å². The van der Waals surface area contributed by atoms with Crippen LogP contribution in [-0.2, 0) is 25.5 Å². The van der Waals surface area contributed by atoms with Gasteiger partial charge in [0.1, 0.15) is 0 Å². The van der Waals surface area contributed by atoms with Gasteiger partial charge in [0, 0.05) is 25.7 Å². The summed E-state index contributed by atoms with van der Waals surface area (Å²) in [4.78, 5) is 23.6. The lowest BCUT2D eigenvalue weighted by Crippen LogP contribution is -2.42. The van der Waals surface area contributed by atoms with Gasteiger partial charge in [-0.25, -0.2) is 9.59 Å². The van der Waals surface area contributed by atoms with Gasteiger partial charge < -0.3 is 14.8 Å². The molecule has 124 valence electrons. The first-order valence-electron chi connectivity index (χ1n) is 7.93. The molecule has 1 N–H and O–H groups in total. The summed E-state index contributed by atoms with van der Waals surface area (Å²) in [5, 5.41) is 2.93. The van der Waals surface area contributed by atoms with E-state index >= 15 is 0 Å². The molecule has 1 saturated heterocycles. The van der Waals surface area contributed by atoms with Gasteiger partial charge in [-0.2, -0.15) is 0 Å². The number of carbonyl (C=O) groups excluding carboxylic acids is 2. The lowest BCUT2D eigenvalue weighted by Gasteiger charge is -2.29. The van der Waals surface area contributed by atoms with Gasteiger partial charge in [0.05, 0.1) is 0 Å². The fourth-order valence-electron chi connectivity index (χ4n) is 2.28. The van der Waals surface area contributed by atoms with Crippen LogP contribution in [0.15, 0.2) is 36.0 Å². The zero-order chi connectivity index (χ0) is 16.9. The highest BCUT2D eigenvalue weighted by Gasteiger charge is 2.38. The molecule has 0 saturated carbocycles. The molecule has 0 amide bonds. The highest BCUT2D eigenvalue weighted by atomic mass is 16.7. The fraction of sp³-hybridized carbons (Fsp3) is 0.444. The van der Waals surface area contributed by atoms with Crippen molar-refractivity contribution in [1.82, 2.24) is 0 Å². The molecule has 1 heterocycles. The van der Waals surface area contributed by atoms with E-state index in [1.165, 1.54) is 44.9 Å². The Kier molecular flexibility index (Phi) is 5.42. The summed E-state index contributed by atoms with van der Waals surface area (Å²) >= 11 is 0. The van der Waals surface area contributed by atoms with Gasteiger partial charge in [-0.1, -0.05) is 31.9 Å². The van der Waals surface area contributed by atoms with E-state index in [9.17, 15) is 9.59 Å². The summed E-state index contributed by atoms with van der Waals surface area (Å²) in [5.41, 5.74) is 1.92. The number of anilines is 1. The molecule has 0 radical (unpaired) electrons. The molecule has 1 fully saturated rings. The molecule has 0 spiro atoms. The van der Waals surface area contributed by atoms with Crippen LogP contribution in [0.25, 0.3) is 0 Å². The van der Waals surface area contributed by atoms with Crippen LogP contribution >= 0.6 is 0 Å². The van der Waals surface area contributed by atoms with Crippen LogP contribution in [0.3, 0.4) is 0 Å². The second kappa shape index (κ2) is 7.31. The highest BCUT2D eigenvalue weighted by Crippen LogP contribution is 2.22. The number of ether oxygens (including phenoxy) is 2. The first kappa shape index (κ1) is 17.1. The Labute approximate surface area is 136 Å². The van der Waals surface area contributed by atoms with Gasteiger partial charge in [-0.05, 0) is 30.5 Å². The van der Waals surface area contributed by atoms with Gasteiger partial charge >= 0.3 is 11.9 Å². The molecule has 1 aromatic carbocycles. The first-order valence-corrected chi connectivity index (χ1v) is 7.93. The summed E-state index contributed by atoms with van der Waals surface area (Å²) in [7, 11) is 0. The second-order valence-electron chi connectivity index (χ2n) is 6.04. The van der Waals surface area contributed by atoms with E-state index in [0.29, 0.717) is 0 Å². The summed E-state index contributed by atoms with van der Waals surface area (Å²) in [6.45, 7) is 5.22. The van der Waals surface area contributed by atoms with Crippen molar-refractivity contribution in [2.45, 2.75) is 52.2 Å². The van der Waals surface area contributed by atoms with Crippen molar-refractivity contribution in [2.24, 2.45) is 0 Å². The summed E-state index contributed by atoms with van der Waals surface area (Å²) in [5.74, 6) is -2.59. The number of hydrogen-bond acceptors (Lipinski definition) is 5. The summed E-state index contributed by atoms with van der Waals surface area (Å²) < 4.78 is 10.1. The molecule has 0 atom stereocenters. The van der Waals surface area contributed by atoms with Crippen LogP contribution in [-0.4, -0.2) is 17.7 Å². The SMILES string of the molecule is CCCCCc1ccc(NC=C2C(=O)OC(C)(C)OC2=O)cc1. The van der Waals surface area contributed by atoms with E-state index in [2.05, 4.69) is 12.2 Å². The molecule has 0 aliphatic carbocycles. The summed E-state index contributed by atoms with van der Waals surface area (Å²) in [6.07, 6.45) is 6.00. The molecule has 0 unspecified atom stereocenters. The Hall–Kier alpha value is -2.30. The van der Waals surface area contributed by atoms with Crippen LogP contribution in [0.4, 0.5) is 5.69 Å². The Morgan fingerprint density at radius 1 is 1.04 bits per heavy atom. The third-order valence-corrected chi connectivity index (χ3v) is 3.52. The number of nitrogens with one attached hydrogen (secondary N) is 1. The van der Waals surface area contributed by atoms with E-state index in [-0.39, 0.29) is 5.57 Å². The average molecular weight is 317 g/mol. The average Bonchev–Trinajstić information content (AvgIpc) is 2.47. The molecule has 23 heavy (non-hydrogen) atoms. The Morgan fingerprint density at radius 2 is 1.65 bits per heavy atom. The third kappa shape index (κ3) is 4.84. The molecule has 5 heteroatoms. The van der Waals surface area contributed by atoms with Crippen molar-refractivity contribution in [3.8, 4) is 0 Å². The minimum absolute atomic E-state index is 0.142. The van der Waals surface area contributed by atoms with Crippen molar-refractivity contribution < 1.29 is 19.1 Å². The number of hydrogen-bond donors (Lipinski definition) is 1. The van der Waals surface area contributed by atoms with Gasteiger partial charge in [0.2, 0.25) is 0 Å². The van der Waals surface area contributed by atoms with Gasteiger partial charge in [-0.15, -0.1) is 0 Å². The highest BCUT2D eigenvalue weighted by molar-refractivity contribution is 6.15. The Morgan fingerprint density at radius 3 is 2.22 bits per heavy atom. The topological polar surface area (TPSA) is 64.6 Å². The van der Waals surface area contributed by atoms with Crippen LogP contribution in [0.2, 0.25) is 0 Å². The van der Waals surface area contributed by atoms with Crippen LogP contribution in [0, 0.1) is 0 Å². The number of rotatable bonds is 6. The minimum Gasteiger partial charge on any atom is -0.419 e. The number of unbranched alkanes of at least 4 members (excludes halogenated alkanes) is 2. The van der Waals surface area contributed by atoms with E-state index in [1.807, 2.05) is 24.3 Å². The van der Waals surface area contributed by atoms with Gasteiger partial charge in [0.25, 0.3) is 5.79 Å². The number of aryl methyl sites for hydroxylation is 1. The molecule has 1 aliphatic heterocycles. The predicted octanol–water partition coefficient (Wildman–Crippen LogP) is 3.55.